The lowest BCUT2D eigenvalue weighted by atomic mass is 10.3. The largest absolute Gasteiger partial charge is 0.332 e. The van der Waals surface area contributed by atoms with Gasteiger partial charge in [0, 0.05) is 10.9 Å². The average molecular weight is 223 g/mol. The van der Waals surface area contributed by atoms with Crippen molar-refractivity contribution in [2.75, 3.05) is 0 Å². The van der Waals surface area contributed by atoms with Crippen molar-refractivity contribution in [1.82, 2.24) is 4.90 Å². The molecule has 82 valence electrons. The summed E-state index contributed by atoms with van der Waals surface area (Å²) in [5.74, 6) is 0.0842. The minimum atomic E-state index is 0.0842. The topological polar surface area (TPSA) is 20.3 Å². The summed E-state index contributed by atoms with van der Waals surface area (Å²) in [7, 11) is 0. The molecular formula is C12H17NOS. The number of carbonyl (C=O) groups excluding carboxylic acids is 1. The maximum atomic E-state index is 11.8. The van der Waals surface area contributed by atoms with Crippen molar-refractivity contribution in [3.8, 4) is 0 Å². The predicted molar refractivity (Wildman–Crippen MR) is 64.8 cm³/mol. The molecular weight excluding hydrogens is 206 g/mol. The van der Waals surface area contributed by atoms with E-state index in [0.29, 0.717) is 6.54 Å². The van der Waals surface area contributed by atoms with Crippen molar-refractivity contribution in [3.05, 3.63) is 34.5 Å². The molecule has 0 aromatic carbocycles. The van der Waals surface area contributed by atoms with E-state index in [1.165, 1.54) is 4.88 Å². The zero-order valence-corrected chi connectivity index (χ0v) is 10.3. The van der Waals surface area contributed by atoms with Gasteiger partial charge in [0.2, 0.25) is 5.91 Å². The quantitative estimate of drug-likeness (QED) is 0.718. The van der Waals surface area contributed by atoms with Gasteiger partial charge in [0.25, 0.3) is 0 Å². The summed E-state index contributed by atoms with van der Waals surface area (Å²) in [5.41, 5.74) is 0. The fraction of sp³-hybridized carbons (Fsp3) is 0.417. The van der Waals surface area contributed by atoms with Gasteiger partial charge >= 0.3 is 0 Å². The second-order valence-electron chi connectivity index (χ2n) is 3.64. The van der Waals surface area contributed by atoms with Crippen molar-refractivity contribution in [3.63, 3.8) is 0 Å². The Labute approximate surface area is 95.2 Å². The minimum absolute atomic E-state index is 0.0842. The van der Waals surface area contributed by atoms with Crippen LogP contribution in [0.4, 0.5) is 0 Å². The van der Waals surface area contributed by atoms with E-state index in [1.807, 2.05) is 37.1 Å². The molecule has 0 spiro atoms. The van der Waals surface area contributed by atoms with Gasteiger partial charge < -0.3 is 4.90 Å². The third-order valence-electron chi connectivity index (χ3n) is 2.12. The Morgan fingerprint density at radius 2 is 2.33 bits per heavy atom. The lowest BCUT2D eigenvalue weighted by Gasteiger charge is -2.24. The highest BCUT2D eigenvalue weighted by Crippen LogP contribution is 2.14. The first-order valence-electron chi connectivity index (χ1n) is 5.10. The summed E-state index contributed by atoms with van der Waals surface area (Å²) in [4.78, 5) is 14.8. The zero-order valence-electron chi connectivity index (χ0n) is 9.43. The van der Waals surface area contributed by atoms with E-state index in [4.69, 9.17) is 0 Å². The average Bonchev–Trinajstić information content (AvgIpc) is 2.66. The normalized spacial score (nSPS) is 11.2. The van der Waals surface area contributed by atoms with E-state index in [9.17, 15) is 4.79 Å². The van der Waals surface area contributed by atoms with E-state index in [-0.39, 0.29) is 11.9 Å². The van der Waals surface area contributed by atoms with Gasteiger partial charge in [-0.3, -0.25) is 4.79 Å². The summed E-state index contributed by atoms with van der Waals surface area (Å²) < 4.78 is 0. The van der Waals surface area contributed by atoms with Gasteiger partial charge in [0.05, 0.1) is 6.54 Å². The monoisotopic (exact) mass is 223 g/mol. The van der Waals surface area contributed by atoms with Gasteiger partial charge in [0.15, 0.2) is 0 Å². The molecule has 0 radical (unpaired) electrons. The highest BCUT2D eigenvalue weighted by Gasteiger charge is 2.14. The Hall–Kier alpha value is -1.09. The second-order valence-corrected chi connectivity index (χ2v) is 4.67. The molecule has 1 amide bonds. The lowest BCUT2D eigenvalue weighted by molar-refractivity contribution is -0.128. The Bertz CT molecular complexity index is 327. The second kappa shape index (κ2) is 5.71. The number of rotatable bonds is 4. The highest BCUT2D eigenvalue weighted by molar-refractivity contribution is 7.09. The van der Waals surface area contributed by atoms with Gasteiger partial charge in [-0.25, -0.2) is 0 Å². The SMILES string of the molecule is CC=CC(=O)N(Cc1cccs1)C(C)C. The number of nitrogens with zero attached hydrogens (tertiary/aromatic N) is 1. The molecule has 0 fully saturated rings. The van der Waals surface area contributed by atoms with Crippen molar-refractivity contribution in [1.29, 1.82) is 0 Å². The number of carbonyl (C=O) groups is 1. The first kappa shape index (κ1) is 12.0. The summed E-state index contributed by atoms with van der Waals surface area (Å²) in [6, 6.07) is 4.30. The number of hydrogen-bond donors (Lipinski definition) is 0. The van der Waals surface area contributed by atoms with E-state index in [2.05, 4.69) is 6.07 Å². The van der Waals surface area contributed by atoms with Gasteiger partial charge in [-0.1, -0.05) is 12.1 Å². The molecule has 0 N–H and O–H groups in total. The summed E-state index contributed by atoms with van der Waals surface area (Å²) in [6.45, 7) is 6.64. The number of hydrogen-bond acceptors (Lipinski definition) is 2. The standard InChI is InChI=1S/C12H17NOS/c1-4-6-12(14)13(10(2)3)9-11-7-5-8-15-11/h4-8,10H,9H2,1-3H3. The first-order chi connectivity index (χ1) is 7.15. The van der Waals surface area contributed by atoms with Gasteiger partial charge in [-0.05, 0) is 38.3 Å². The zero-order chi connectivity index (χ0) is 11.3. The molecule has 0 atom stereocenters. The molecule has 0 saturated carbocycles. The Morgan fingerprint density at radius 1 is 1.60 bits per heavy atom. The lowest BCUT2D eigenvalue weighted by Crippen LogP contribution is -2.34. The molecule has 0 saturated heterocycles. The van der Waals surface area contributed by atoms with Crippen LogP contribution in [0, 0.1) is 0 Å². The van der Waals surface area contributed by atoms with Crippen LogP contribution >= 0.6 is 11.3 Å². The Morgan fingerprint density at radius 3 is 2.80 bits per heavy atom. The molecule has 2 nitrogen and oxygen atoms in total. The number of amides is 1. The smallest absolute Gasteiger partial charge is 0.246 e. The van der Waals surface area contributed by atoms with Crippen LogP contribution in [0.25, 0.3) is 0 Å². The van der Waals surface area contributed by atoms with E-state index in [0.717, 1.165) is 0 Å². The first-order valence-corrected chi connectivity index (χ1v) is 5.98. The van der Waals surface area contributed by atoms with Crippen LogP contribution in [0.15, 0.2) is 29.7 Å². The summed E-state index contributed by atoms with van der Waals surface area (Å²) in [5, 5.41) is 2.04. The van der Waals surface area contributed by atoms with Crippen LogP contribution < -0.4 is 0 Å². The molecule has 1 heterocycles. The minimum Gasteiger partial charge on any atom is -0.332 e. The van der Waals surface area contributed by atoms with Crippen LogP contribution in [-0.2, 0) is 11.3 Å². The third-order valence-corrected chi connectivity index (χ3v) is 2.98. The van der Waals surface area contributed by atoms with E-state index in [1.54, 1.807) is 23.5 Å². The maximum absolute atomic E-state index is 11.8. The molecule has 3 heteroatoms. The van der Waals surface area contributed by atoms with Gasteiger partial charge in [-0.15, -0.1) is 11.3 Å². The van der Waals surface area contributed by atoms with E-state index >= 15 is 0 Å². The summed E-state index contributed by atoms with van der Waals surface area (Å²) >= 11 is 1.69. The van der Waals surface area contributed by atoms with Crippen LogP contribution in [0.3, 0.4) is 0 Å². The van der Waals surface area contributed by atoms with Crippen LogP contribution in [-0.4, -0.2) is 16.8 Å². The molecule has 0 aliphatic rings. The van der Waals surface area contributed by atoms with Crippen molar-refractivity contribution < 1.29 is 4.79 Å². The Kier molecular flexibility index (Phi) is 4.56. The van der Waals surface area contributed by atoms with E-state index < -0.39 is 0 Å². The molecule has 0 aliphatic carbocycles. The molecule has 0 aliphatic heterocycles. The molecule has 0 bridgehead atoms. The van der Waals surface area contributed by atoms with Crippen molar-refractivity contribution >= 4 is 17.2 Å². The molecule has 1 rings (SSSR count). The molecule has 1 aromatic heterocycles. The fourth-order valence-electron chi connectivity index (χ4n) is 1.32. The third kappa shape index (κ3) is 3.51. The van der Waals surface area contributed by atoms with Crippen molar-refractivity contribution in [2.24, 2.45) is 0 Å². The molecule has 1 aromatic rings. The number of allylic oxidation sites excluding steroid dienone is 1. The number of thiophene rings is 1. The van der Waals surface area contributed by atoms with Gasteiger partial charge in [-0.2, -0.15) is 0 Å². The Balaban J connectivity index is 2.71. The van der Waals surface area contributed by atoms with Crippen molar-refractivity contribution in [2.45, 2.75) is 33.4 Å². The predicted octanol–water partition coefficient (Wildman–Crippen LogP) is 3.06. The maximum Gasteiger partial charge on any atom is 0.246 e. The van der Waals surface area contributed by atoms with Gasteiger partial charge in [0.1, 0.15) is 0 Å². The van der Waals surface area contributed by atoms with Crippen LogP contribution in [0.1, 0.15) is 25.6 Å². The summed E-state index contributed by atoms with van der Waals surface area (Å²) in [6.07, 6.45) is 3.40. The molecule has 0 unspecified atom stereocenters. The molecule has 15 heavy (non-hydrogen) atoms. The van der Waals surface area contributed by atoms with Crippen LogP contribution in [0.2, 0.25) is 0 Å². The highest BCUT2D eigenvalue weighted by atomic mass is 32.1. The van der Waals surface area contributed by atoms with Crippen LogP contribution in [0.5, 0.6) is 0 Å². The fourth-order valence-corrected chi connectivity index (χ4v) is 2.03.